The molecule has 0 saturated heterocycles. The molecule has 0 fully saturated rings. The molecule has 0 spiro atoms. The van der Waals surface area contributed by atoms with Crippen LogP contribution in [0.2, 0.25) is 0 Å². The summed E-state index contributed by atoms with van der Waals surface area (Å²) >= 11 is 0. The number of imidazole rings is 1. The Bertz CT molecular complexity index is 1500. The zero-order valence-corrected chi connectivity index (χ0v) is 22.1. The van der Waals surface area contributed by atoms with Crippen LogP contribution in [0.5, 0.6) is 0 Å². The molecule has 0 radical (unpaired) electrons. The van der Waals surface area contributed by atoms with Crippen LogP contribution in [0.4, 0.5) is 8.78 Å². The Labute approximate surface area is 233 Å². The number of ether oxygens (including phenoxy) is 2. The molecule has 3 aromatic rings. The fourth-order valence-electron chi connectivity index (χ4n) is 5.45. The minimum atomic E-state index is -3.58. The first kappa shape index (κ1) is 20.1. The predicted octanol–water partition coefficient (Wildman–Crippen LogP) is 5.99. The van der Waals surface area contributed by atoms with Gasteiger partial charge in [-0.05, 0) is 56.5 Å². The molecule has 206 valence electrons. The first-order valence-corrected chi connectivity index (χ1v) is 12.7. The zero-order valence-electron chi connectivity index (χ0n) is 29.1. The number of aromatic amines is 1. The molecule has 1 heterocycles. The van der Waals surface area contributed by atoms with Crippen LogP contribution in [0, 0.1) is 12.8 Å². The normalized spacial score (nSPS) is 24.5. The molecular formula is C30H39F2N3O3. The molecule has 8 heteroatoms. The van der Waals surface area contributed by atoms with Crippen molar-refractivity contribution in [1.82, 2.24) is 14.9 Å². The van der Waals surface area contributed by atoms with Gasteiger partial charge in [-0.2, -0.15) is 0 Å². The quantitative estimate of drug-likeness (QED) is 0.306. The van der Waals surface area contributed by atoms with E-state index in [0.29, 0.717) is 22.4 Å². The van der Waals surface area contributed by atoms with E-state index in [9.17, 15) is 4.79 Å². The monoisotopic (exact) mass is 534 g/mol. The summed E-state index contributed by atoms with van der Waals surface area (Å²) in [6, 6.07) is 11.6. The van der Waals surface area contributed by atoms with Crippen LogP contribution in [0.3, 0.4) is 0 Å². The number of methoxy groups -OCH3 is 1. The molecular weight excluding hydrogens is 488 g/mol. The summed E-state index contributed by atoms with van der Waals surface area (Å²) < 4.78 is 103. The van der Waals surface area contributed by atoms with Gasteiger partial charge in [0.25, 0.3) is 5.92 Å². The lowest BCUT2D eigenvalue weighted by atomic mass is 9.64. The van der Waals surface area contributed by atoms with Crippen LogP contribution in [0.25, 0.3) is 11.0 Å². The molecule has 1 aliphatic carbocycles. The zero-order chi connectivity index (χ0) is 33.6. The van der Waals surface area contributed by atoms with Crippen molar-refractivity contribution in [2.75, 3.05) is 33.7 Å². The largest absolute Gasteiger partial charge is 0.456 e. The molecule has 1 N–H and O–H groups in total. The van der Waals surface area contributed by atoms with E-state index < -0.39 is 75.2 Å². The number of hydrogen-bond acceptors (Lipinski definition) is 5. The molecule has 0 unspecified atom stereocenters. The smallest absolute Gasteiger partial charge is 0.332 e. The highest BCUT2D eigenvalue weighted by molar-refractivity contribution is 5.74. The average molecular weight is 535 g/mol. The Morgan fingerprint density at radius 1 is 1.29 bits per heavy atom. The van der Waals surface area contributed by atoms with Gasteiger partial charge in [-0.3, -0.25) is 0 Å². The van der Waals surface area contributed by atoms with Crippen molar-refractivity contribution in [2.45, 2.75) is 63.9 Å². The third-order valence-corrected chi connectivity index (χ3v) is 6.88. The van der Waals surface area contributed by atoms with Crippen LogP contribution < -0.4 is 0 Å². The number of benzene rings is 2. The molecule has 1 aliphatic rings. The van der Waals surface area contributed by atoms with E-state index in [1.54, 1.807) is 51.1 Å². The van der Waals surface area contributed by atoms with E-state index in [2.05, 4.69) is 9.97 Å². The Kier molecular flexibility index (Phi) is 6.09. The van der Waals surface area contributed by atoms with Gasteiger partial charge in [0.05, 0.1) is 17.5 Å². The van der Waals surface area contributed by atoms with Gasteiger partial charge >= 0.3 is 5.97 Å². The summed E-state index contributed by atoms with van der Waals surface area (Å²) in [6.07, 6.45) is -2.75. The molecule has 6 nitrogen and oxygen atoms in total. The number of carbonyl (C=O) groups is 1. The number of nitrogens with one attached hydrogen (secondary N) is 1. The van der Waals surface area contributed by atoms with E-state index in [-0.39, 0.29) is 22.4 Å². The van der Waals surface area contributed by atoms with Gasteiger partial charge in [-0.1, -0.05) is 43.7 Å². The Balaban J connectivity index is 1.78. The van der Waals surface area contributed by atoms with Crippen LogP contribution >= 0.6 is 0 Å². The second-order valence-corrected chi connectivity index (χ2v) is 10.2. The molecule has 2 aromatic carbocycles. The summed E-state index contributed by atoms with van der Waals surface area (Å²) in [6.45, 7) is -4.77. The Hall–Kier alpha value is -2.84. The van der Waals surface area contributed by atoms with Crippen LogP contribution in [0.15, 0.2) is 42.5 Å². The Morgan fingerprint density at radius 2 is 2.08 bits per heavy atom. The van der Waals surface area contributed by atoms with Crippen molar-refractivity contribution in [3.63, 3.8) is 0 Å². The van der Waals surface area contributed by atoms with E-state index in [1.165, 1.54) is 19.2 Å². The van der Waals surface area contributed by atoms with E-state index in [4.69, 9.17) is 19.1 Å². The van der Waals surface area contributed by atoms with Gasteiger partial charge in [0.15, 0.2) is 0 Å². The number of rotatable bonds is 11. The first-order valence-electron chi connectivity index (χ1n) is 16.2. The SMILES string of the molecule is [2H]C([2H])([2H])N(C([2H])([2H])CCc1nc2ccccc2[nH]1)C([2H])([2H])C[C@@]1(OC(=O)COC)CC(F)(F)c2cc(C)ccc2[C@@H]1C(C)C. The lowest BCUT2D eigenvalue weighted by Crippen LogP contribution is -2.52. The van der Waals surface area contributed by atoms with Crippen molar-refractivity contribution in [3.8, 4) is 0 Å². The second kappa shape index (κ2) is 11.5. The summed E-state index contributed by atoms with van der Waals surface area (Å²) in [5.41, 5.74) is -0.470. The number of hydrogen-bond donors (Lipinski definition) is 1. The molecule has 38 heavy (non-hydrogen) atoms. The van der Waals surface area contributed by atoms with Gasteiger partial charge in [-0.15, -0.1) is 0 Å². The van der Waals surface area contributed by atoms with Gasteiger partial charge in [0, 0.05) is 47.5 Å². The fourth-order valence-corrected chi connectivity index (χ4v) is 5.45. The number of carbonyl (C=O) groups excluding carboxylic acids is 1. The number of alkyl halides is 2. The Morgan fingerprint density at radius 3 is 2.79 bits per heavy atom. The second-order valence-electron chi connectivity index (χ2n) is 10.2. The summed E-state index contributed by atoms with van der Waals surface area (Å²) in [5.74, 6) is -5.70. The third-order valence-electron chi connectivity index (χ3n) is 6.88. The van der Waals surface area contributed by atoms with Gasteiger partial charge in [0.2, 0.25) is 0 Å². The van der Waals surface area contributed by atoms with Crippen LogP contribution in [0.1, 0.15) is 71.1 Å². The lowest BCUT2D eigenvalue weighted by Gasteiger charge is -2.49. The van der Waals surface area contributed by atoms with E-state index >= 15 is 8.78 Å². The topological polar surface area (TPSA) is 67.5 Å². The number of halogens is 2. The maximum Gasteiger partial charge on any atom is 0.332 e. The maximum absolute atomic E-state index is 16.0. The number of aromatic nitrogens is 2. The number of H-pyrrole nitrogens is 1. The predicted molar refractivity (Wildman–Crippen MR) is 144 cm³/mol. The molecule has 4 rings (SSSR count). The molecule has 0 amide bonds. The number of nitrogens with zero attached hydrogens (tertiary/aromatic N) is 2. The van der Waals surface area contributed by atoms with Crippen LogP contribution in [-0.2, 0) is 26.6 Å². The number of para-hydroxylation sites is 2. The van der Waals surface area contributed by atoms with Crippen molar-refractivity contribution in [1.29, 1.82) is 0 Å². The minimum Gasteiger partial charge on any atom is -0.456 e. The standard InChI is InChI=1S/C30H39F2N3O3/c1-20(2)28-22-13-12-21(3)17-23(22)30(31,32)19-29(28,38-27(36)18-37-5)14-16-35(4)15-8-11-26-33-24-9-6-7-10-25(24)34-26/h6-7,9-10,12-13,17,20,28H,8,11,14-16,18-19H2,1-5H3,(H,33,34)/t28-,29+/m0/s1/i4D3,15D2,16D2. The minimum absolute atomic E-state index is 0.0717. The molecule has 0 bridgehead atoms. The van der Waals surface area contributed by atoms with E-state index in [0.717, 1.165) is 0 Å². The van der Waals surface area contributed by atoms with Gasteiger partial charge < -0.3 is 19.4 Å². The molecule has 1 aromatic heterocycles. The summed E-state index contributed by atoms with van der Waals surface area (Å²) in [7, 11) is 1.22. The highest BCUT2D eigenvalue weighted by atomic mass is 19.3. The van der Waals surface area contributed by atoms with Gasteiger partial charge in [0.1, 0.15) is 18.0 Å². The van der Waals surface area contributed by atoms with Crippen molar-refractivity contribution >= 4 is 17.0 Å². The molecule has 2 atom stereocenters. The van der Waals surface area contributed by atoms with Crippen molar-refractivity contribution in [2.24, 2.45) is 5.92 Å². The van der Waals surface area contributed by atoms with E-state index in [1.807, 2.05) is 0 Å². The lowest BCUT2D eigenvalue weighted by molar-refractivity contribution is -0.188. The average Bonchev–Trinajstić information content (AvgIpc) is 3.29. The maximum atomic E-state index is 16.0. The first-order chi connectivity index (χ1) is 20.7. The van der Waals surface area contributed by atoms with Gasteiger partial charge in [-0.25, -0.2) is 18.6 Å². The highest BCUT2D eigenvalue weighted by Crippen LogP contribution is 2.55. The number of esters is 1. The summed E-state index contributed by atoms with van der Waals surface area (Å²) in [5, 5.41) is 0. The third kappa shape index (κ3) is 6.07. The van der Waals surface area contributed by atoms with Crippen LogP contribution in [-0.4, -0.2) is 60.1 Å². The molecule has 0 saturated carbocycles. The summed E-state index contributed by atoms with van der Waals surface area (Å²) in [4.78, 5) is 20.5. The number of fused-ring (bicyclic) bond motifs is 2. The van der Waals surface area contributed by atoms with Crippen molar-refractivity contribution < 1.29 is 32.6 Å². The fraction of sp³-hybridized carbons (Fsp3) is 0.533. The van der Waals surface area contributed by atoms with Crippen molar-refractivity contribution in [3.05, 3.63) is 65.0 Å². The number of aryl methyl sites for hydroxylation is 2. The highest BCUT2D eigenvalue weighted by Gasteiger charge is 2.57. The molecule has 0 aliphatic heterocycles.